The lowest BCUT2D eigenvalue weighted by atomic mass is 10.3. The molecule has 114 valence electrons. The second-order valence-electron chi connectivity index (χ2n) is 4.55. The number of nitrogens with zero attached hydrogens (tertiary/aromatic N) is 3. The molecule has 0 radical (unpaired) electrons. The SMILES string of the molecule is Cc1nccn1CC(=O)N(Cc1ccco1)CC(F)(F)F. The Morgan fingerprint density at radius 3 is 2.76 bits per heavy atom. The van der Waals surface area contributed by atoms with Crippen LogP contribution >= 0.6 is 0 Å². The van der Waals surface area contributed by atoms with Crippen LogP contribution in [0.15, 0.2) is 35.2 Å². The Balaban J connectivity index is 2.10. The molecule has 2 aromatic rings. The molecule has 0 aromatic carbocycles. The third-order valence-electron chi connectivity index (χ3n) is 2.88. The van der Waals surface area contributed by atoms with E-state index in [1.807, 2.05) is 0 Å². The van der Waals surface area contributed by atoms with Gasteiger partial charge in [-0.25, -0.2) is 4.98 Å². The average molecular weight is 301 g/mol. The number of halogens is 3. The van der Waals surface area contributed by atoms with Crippen LogP contribution in [0.5, 0.6) is 0 Å². The summed E-state index contributed by atoms with van der Waals surface area (Å²) in [5, 5.41) is 0. The first-order valence-electron chi connectivity index (χ1n) is 6.20. The van der Waals surface area contributed by atoms with Crippen LogP contribution < -0.4 is 0 Å². The van der Waals surface area contributed by atoms with E-state index in [1.165, 1.54) is 23.1 Å². The van der Waals surface area contributed by atoms with Crippen molar-refractivity contribution in [3.05, 3.63) is 42.4 Å². The lowest BCUT2D eigenvalue weighted by molar-refractivity contribution is -0.163. The number of hydrogen-bond acceptors (Lipinski definition) is 3. The summed E-state index contributed by atoms with van der Waals surface area (Å²) in [7, 11) is 0. The first-order chi connectivity index (χ1) is 9.85. The molecule has 2 rings (SSSR count). The highest BCUT2D eigenvalue weighted by Crippen LogP contribution is 2.19. The normalized spacial score (nSPS) is 11.6. The first kappa shape index (κ1) is 15.1. The molecule has 1 amide bonds. The van der Waals surface area contributed by atoms with Crippen molar-refractivity contribution < 1.29 is 22.4 Å². The van der Waals surface area contributed by atoms with Gasteiger partial charge in [-0.15, -0.1) is 0 Å². The average Bonchev–Trinajstić information content (AvgIpc) is 3.00. The van der Waals surface area contributed by atoms with Gasteiger partial charge in [0.2, 0.25) is 5.91 Å². The summed E-state index contributed by atoms with van der Waals surface area (Å²) >= 11 is 0. The van der Waals surface area contributed by atoms with E-state index >= 15 is 0 Å². The second-order valence-corrected chi connectivity index (χ2v) is 4.55. The number of amides is 1. The summed E-state index contributed by atoms with van der Waals surface area (Å²) in [6.07, 6.45) is -0.0764. The molecule has 0 saturated heterocycles. The van der Waals surface area contributed by atoms with E-state index < -0.39 is 18.6 Å². The maximum absolute atomic E-state index is 12.6. The fourth-order valence-corrected chi connectivity index (χ4v) is 1.86. The highest BCUT2D eigenvalue weighted by Gasteiger charge is 2.33. The number of aromatic nitrogens is 2. The van der Waals surface area contributed by atoms with Crippen molar-refractivity contribution in [2.24, 2.45) is 0 Å². The van der Waals surface area contributed by atoms with E-state index in [-0.39, 0.29) is 13.1 Å². The van der Waals surface area contributed by atoms with Crippen molar-refractivity contribution in [3.8, 4) is 0 Å². The van der Waals surface area contributed by atoms with E-state index in [4.69, 9.17) is 4.42 Å². The predicted octanol–water partition coefficient (Wildman–Crippen LogP) is 2.38. The molecule has 21 heavy (non-hydrogen) atoms. The number of rotatable bonds is 5. The first-order valence-corrected chi connectivity index (χ1v) is 6.20. The van der Waals surface area contributed by atoms with Gasteiger partial charge >= 0.3 is 6.18 Å². The Bertz CT molecular complexity index is 590. The fourth-order valence-electron chi connectivity index (χ4n) is 1.86. The van der Waals surface area contributed by atoms with Gasteiger partial charge in [0.15, 0.2) is 0 Å². The summed E-state index contributed by atoms with van der Waals surface area (Å²) in [6, 6.07) is 3.09. The van der Waals surface area contributed by atoms with Crippen molar-refractivity contribution in [2.45, 2.75) is 26.2 Å². The number of imidazole rings is 1. The van der Waals surface area contributed by atoms with E-state index in [9.17, 15) is 18.0 Å². The van der Waals surface area contributed by atoms with Gasteiger partial charge in [0.05, 0.1) is 12.8 Å². The molecule has 5 nitrogen and oxygen atoms in total. The van der Waals surface area contributed by atoms with Gasteiger partial charge in [-0.05, 0) is 19.1 Å². The highest BCUT2D eigenvalue weighted by atomic mass is 19.4. The van der Waals surface area contributed by atoms with Crippen LogP contribution in [0, 0.1) is 6.92 Å². The lowest BCUT2D eigenvalue weighted by Crippen LogP contribution is -2.40. The van der Waals surface area contributed by atoms with Crippen LogP contribution in [0.25, 0.3) is 0 Å². The minimum absolute atomic E-state index is 0.192. The smallest absolute Gasteiger partial charge is 0.406 e. The summed E-state index contributed by atoms with van der Waals surface area (Å²) in [4.78, 5) is 16.8. The van der Waals surface area contributed by atoms with Gasteiger partial charge in [-0.1, -0.05) is 0 Å². The monoisotopic (exact) mass is 301 g/mol. The third-order valence-corrected chi connectivity index (χ3v) is 2.88. The molecular weight excluding hydrogens is 287 g/mol. The zero-order chi connectivity index (χ0) is 15.5. The molecule has 0 aliphatic rings. The van der Waals surface area contributed by atoms with Gasteiger partial charge in [-0.3, -0.25) is 4.79 Å². The number of alkyl halides is 3. The Morgan fingerprint density at radius 2 is 2.24 bits per heavy atom. The number of furan rings is 1. The van der Waals surface area contributed by atoms with E-state index in [0.717, 1.165) is 4.90 Å². The van der Waals surface area contributed by atoms with Crippen LogP contribution in [-0.4, -0.2) is 33.1 Å². The number of aryl methyl sites for hydroxylation is 1. The fraction of sp³-hybridized carbons (Fsp3) is 0.385. The molecule has 0 aliphatic carbocycles. The molecule has 0 saturated carbocycles. The summed E-state index contributed by atoms with van der Waals surface area (Å²) in [5.41, 5.74) is 0. The molecular formula is C13H14F3N3O2. The predicted molar refractivity (Wildman–Crippen MR) is 67.1 cm³/mol. The molecule has 0 fully saturated rings. The van der Waals surface area contributed by atoms with Gasteiger partial charge in [0, 0.05) is 12.4 Å². The highest BCUT2D eigenvalue weighted by molar-refractivity contribution is 5.76. The van der Waals surface area contributed by atoms with Crippen LogP contribution in [0.2, 0.25) is 0 Å². The molecule has 0 spiro atoms. The van der Waals surface area contributed by atoms with Crippen molar-refractivity contribution in [1.29, 1.82) is 0 Å². The van der Waals surface area contributed by atoms with Gasteiger partial charge < -0.3 is 13.9 Å². The van der Waals surface area contributed by atoms with Crippen LogP contribution in [0.3, 0.4) is 0 Å². The van der Waals surface area contributed by atoms with Crippen LogP contribution in [0.4, 0.5) is 13.2 Å². The van der Waals surface area contributed by atoms with Gasteiger partial charge in [0.1, 0.15) is 24.7 Å². The van der Waals surface area contributed by atoms with Crippen molar-refractivity contribution in [1.82, 2.24) is 14.5 Å². The summed E-state index contributed by atoms with van der Waals surface area (Å²) in [6.45, 7) is -0.0596. The summed E-state index contributed by atoms with van der Waals surface area (Å²) < 4.78 is 44.3. The van der Waals surface area contributed by atoms with E-state index in [0.29, 0.717) is 11.6 Å². The van der Waals surface area contributed by atoms with Crippen LogP contribution in [-0.2, 0) is 17.9 Å². The maximum atomic E-state index is 12.6. The Hall–Kier alpha value is -2.25. The zero-order valence-corrected chi connectivity index (χ0v) is 11.3. The van der Waals surface area contributed by atoms with Gasteiger partial charge in [-0.2, -0.15) is 13.2 Å². The molecule has 0 N–H and O–H groups in total. The lowest BCUT2D eigenvalue weighted by Gasteiger charge is -2.23. The molecule has 0 bridgehead atoms. The summed E-state index contributed by atoms with van der Waals surface area (Å²) in [5.74, 6) is 0.216. The quantitative estimate of drug-likeness (QED) is 0.852. The Kier molecular flexibility index (Phi) is 4.35. The zero-order valence-electron chi connectivity index (χ0n) is 11.3. The van der Waals surface area contributed by atoms with Crippen molar-refractivity contribution >= 4 is 5.91 Å². The molecule has 8 heteroatoms. The topological polar surface area (TPSA) is 51.3 Å². The molecule has 0 atom stereocenters. The van der Waals surface area contributed by atoms with Crippen molar-refractivity contribution in [2.75, 3.05) is 6.54 Å². The van der Waals surface area contributed by atoms with Gasteiger partial charge in [0.25, 0.3) is 0 Å². The maximum Gasteiger partial charge on any atom is 0.406 e. The number of carbonyl (C=O) groups excluding carboxylic acids is 1. The minimum Gasteiger partial charge on any atom is -0.467 e. The Labute approximate surface area is 119 Å². The molecule has 2 heterocycles. The minimum atomic E-state index is -4.47. The Morgan fingerprint density at radius 1 is 1.48 bits per heavy atom. The van der Waals surface area contributed by atoms with Crippen molar-refractivity contribution in [3.63, 3.8) is 0 Å². The molecule has 0 unspecified atom stereocenters. The largest absolute Gasteiger partial charge is 0.467 e. The van der Waals surface area contributed by atoms with Crippen LogP contribution in [0.1, 0.15) is 11.6 Å². The standard InChI is InChI=1S/C13H14F3N3O2/c1-10-17-4-5-18(10)8-12(20)19(9-13(14,15)16)7-11-3-2-6-21-11/h2-6H,7-9H2,1H3. The second kappa shape index (κ2) is 6.02. The van der Waals surface area contributed by atoms with E-state index in [2.05, 4.69) is 4.98 Å². The van der Waals surface area contributed by atoms with E-state index in [1.54, 1.807) is 19.2 Å². The number of hydrogen-bond donors (Lipinski definition) is 0. The number of carbonyl (C=O) groups is 1. The molecule has 0 aliphatic heterocycles. The third kappa shape index (κ3) is 4.37. The molecule has 2 aromatic heterocycles.